The minimum Gasteiger partial charge on any atom is -0.267 e. The van der Waals surface area contributed by atoms with Crippen LogP contribution >= 0.6 is 0 Å². The summed E-state index contributed by atoms with van der Waals surface area (Å²) in [4.78, 5) is 11.9. The van der Waals surface area contributed by atoms with Crippen molar-refractivity contribution in [2.75, 3.05) is 0 Å². The molecule has 0 fully saturated rings. The van der Waals surface area contributed by atoms with Gasteiger partial charge in [-0.3, -0.25) is 4.79 Å². The van der Waals surface area contributed by atoms with Crippen LogP contribution in [0.3, 0.4) is 0 Å². The normalized spacial score (nSPS) is 11.8. The van der Waals surface area contributed by atoms with Gasteiger partial charge >= 0.3 is 0 Å². The van der Waals surface area contributed by atoms with Gasteiger partial charge in [-0.2, -0.15) is 5.10 Å². The van der Waals surface area contributed by atoms with Crippen molar-refractivity contribution in [3.05, 3.63) is 65.2 Å². The van der Waals surface area contributed by atoms with E-state index in [4.69, 9.17) is 5.14 Å². The molecule has 2 aromatic carbocycles. The van der Waals surface area contributed by atoms with Crippen LogP contribution in [-0.2, 0) is 10.0 Å². The SMILES string of the molecule is CC(C)c1ccc(C=NNC(=O)c2ccc(S(N)(=O)=O)cc2)cc1. The summed E-state index contributed by atoms with van der Waals surface area (Å²) in [6, 6.07) is 13.2. The summed E-state index contributed by atoms with van der Waals surface area (Å²) in [6.45, 7) is 4.23. The summed E-state index contributed by atoms with van der Waals surface area (Å²) in [6.07, 6.45) is 1.54. The largest absolute Gasteiger partial charge is 0.271 e. The number of nitrogens with two attached hydrogens (primary N) is 1. The monoisotopic (exact) mass is 345 g/mol. The molecule has 1 amide bonds. The van der Waals surface area contributed by atoms with E-state index in [0.717, 1.165) is 5.56 Å². The van der Waals surface area contributed by atoms with Crippen molar-refractivity contribution < 1.29 is 13.2 Å². The standard InChI is InChI=1S/C17H19N3O3S/c1-12(2)14-5-3-13(4-6-14)11-19-20-17(21)15-7-9-16(10-8-15)24(18,22)23/h3-12H,1-2H3,(H,20,21)(H2,18,22,23). The lowest BCUT2D eigenvalue weighted by Crippen LogP contribution is -2.18. The number of hydrogen-bond acceptors (Lipinski definition) is 4. The van der Waals surface area contributed by atoms with Crippen molar-refractivity contribution in [2.45, 2.75) is 24.7 Å². The van der Waals surface area contributed by atoms with Gasteiger partial charge in [0.05, 0.1) is 11.1 Å². The minimum absolute atomic E-state index is 0.0483. The van der Waals surface area contributed by atoms with E-state index in [1.54, 1.807) is 6.21 Å². The average molecular weight is 345 g/mol. The molecule has 0 aliphatic rings. The van der Waals surface area contributed by atoms with Gasteiger partial charge in [-0.05, 0) is 41.3 Å². The molecule has 0 aromatic heterocycles. The van der Waals surface area contributed by atoms with Gasteiger partial charge in [-0.1, -0.05) is 38.1 Å². The molecule has 126 valence electrons. The number of hydrogen-bond donors (Lipinski definition) is 2. The van der Waals surface area contributed by atoms with Crippen molar-refractivity contribution in [3.8, 4) is 0 Å². The topological polar surface area (TPSA) is 102 Å². The summed E-state index contributed by atoms with van der Waals surface area (Å²) in [5.41, 5.74) is 4.77. The van der Waals surface area contributed by atoms with Gasteiger partial charge in [0.15, 0.2) is 0 Å². The fourth-order valence-electron chi connectivity index (χ4n) is 1.99. The number of carbonyl (C=O) groups is 1. The molecule has 7 heteroatoms. The first-order valence-electron chi connectivity index (χ1n) is 7.33. The van der Waals surface area contributed by atoms with E-state index in [-0.39, 0.29) is 10.5 Å². The molecule has 0 aliphatic carbocycles. The smallest absolute Gasteiger partial charge is 0.267 e. The Morgan fingerprint density at radius 2 is 1.67 bits per heavy atom. The van der Waals surface area contributed by atoms with E-state index in [1.165, 1.54) is 29.8 Å². The highest BCUT2D eigenvalue weighted by molar-refractivity contribution is 7.89. The molecule has 0 saturated heterocycles. The molecule has 6 nitrogen and oxygen atoms in total. The van der Waals surface area contributed by atoms with Crippen LogP contribution in [0.15, 0.2) is 58.5 Å². The second-order valence-electron chi connectivity index (χ2n) is 5.59. The molecule has 0 heterocycles. The Morgan fingerprint density at radius 1 is 1.08 bits per heavy atom. The lowest BCUT2D eigenvalue weighted by atomic mass is 10.0. The number of sulfonamides is 1. The van der Waals surface area contributed by atoms with Crippen molar-refractivity contribution in [3.63, 3.8) is 0 Å². The van der Waals surface area contributed by atoms with Gasteiger partial charge in [-0.15, -0.1) is 0 Å². The Bertz CT molecular complexity index is 840. The van der Waals surface area contributed by atoms with Gasteiger partial charge in [0.25, 0.3) is 5.91 Å². The Hall–Kier alpha value is -2.51. The van der Waals surface area contributed by atoms with Gasteiger partial charge < -0.3 is 0 Å². The molecule has 0 unspecified atom stereocenters. The number of primary sulfonamides is 1. The molecule has 0 radical (unpaired) electrons. The molecule has 24 heavy (non-hydrogen) atoms. The average Bonchev–Trinajstić information content (AvgIpc) is 2.54. The van der Waals surface area contributed by atoms with Crippen LogP contribution in [0.25, 0.3) is 0 Å². The maximum atomic E-state index is 11.9. The maximum Gasteiger partial charge on any atom is 0.271 e. The zero-order valence-electron chi connectivity index (χ0n) is 13.4. The highest BCUT2D eigenvalue weighted by atomic mass is 32.2. The van der Waals surface area contributed by atoms with Gasteiger partial charge in [0, 0.05) is 5.56 Å². The number of nitrogens with zero attached hydrogens (tertiary/aromatic N) is 1. The molecule has 2 rings (SSSR count). The van der Waals surface area contributed by atoms with Crippen LogP contribution in [0, 0.1) is 0 Å². The van der Waals surface area contributed by atoms with Crippen LogP contribution in [-0.4, -0.2) is 20.5 Å². The lowest BCUT2D eigenvalue weighted by Gasteiger charge is -2.04. The molecular formula is C17H19N3O3S. The number of amides is 1. The summed E-state index contributed by atoms with van der Waals surface area (Å²) < 4.78 is 22.3. The van der Waals surface area contributed by atoms with Crippen LogP contribution in [0.2, 0.25) is 0 Å². The van der Waals surface area contributed by atoms with E-state index in [1.807, 2.05) is 24.3 Å². The zero-order valence-corrected chi connectivity index (χ0v) is 14.2. The molecule has 0 atom stereocenters. The number of benzene rings is 2. The zero-order chi connectivity index (χ0) is 17.7. The molecular weight excluding hydrogens is 326 g/mol. The van der Waals surface area contributed by atoms with Gasteiger partial charge in [-0.25, -0.2) is 19.0 Å². The second kappa shape index (κ2) is 7.37. The maximum absolute atomic E-state index is 11.9. The summed E-state index contributed by atoms with van der Waals surface area (Å²) in [7, 11) is -3.77. The molecule has 2 aromatic rings. The first-order chi connectivity index (χ1) is 11.3. The molecule has 0 saturated carbocycles. The van der Waals surface area contributed by atoms with Crippen LogP contribution < -0.4 is 10.6 Å². The van der Waals surface area contributed by atoms with Crippen molar-refractivity contribution in [2.24, 2.45) is 10.2 Å². The third-order valence-corrected chi connectivity index (χ3v) is 4.36. The first-order valence-corrected chi connectivity index (χ1v) is 8.88. The predicted molar refractivity (Wildman–Crippen MR) is 93.4 cm³/mol. The van der Waals surface area contributed by atoms with E-state index in [0.29, 0.717) is 5.92 Å². The van der Waals surface area contributed by atoms with Crippen molar-refractivity contribution >= 4 is 22.1 Å². The predicted octanol–water partition coefficient (Wildman–Crippen LogP) is 2.22. The van der Waals surface area contributed by atoms with E-state index in [2.05, 4.69) is 24.4 Å². The molecule has 0 bridgehead atoms. The Balaban J connectivity index is 1.99. The van der Waals surface area contributed by atoms with Crippen LogP contribution in [0.1, 0.15) is 41.3 Å². The van der Waals surface area contributed by atoms with E-state index in [9.17, 15) is 13.2 Å². The lowest BCUT2D eigenvalue weighted by molar-refractivity contribution is 0.0955. The van der Waals surface area contributed by atoms with Crippen molar-refractivity contribution in [1.29, 1.82) is 0 Å². The highest BCUT2D eigenvalue weighted by Crippen LogP contribution is 2.14. The summed E-state index contributed by atoms with van der Waals surface area (Å²) >= 11 is 0. The summed E-state index contributed by atoms with van der Waals surface area (Å²) in [5.74, 6) is 0.0158. The van der Waals surface area contributed by atoms with Gasteiger partial charge in [0.1, 0.15) is 0 Å². The third-order valence-electron chi connectivity index (χ3n) is 3.43. The highest BCUT2D eigenvalue weighted by Gasteiger charge is 2.09. The number of rotatable bonds is 5. The van der Waals surface area contributed by atoms with Crippen molar-refractivity contribution in [1.82, 2.24) is 5.43 Å². The van der Waals surface area contributed by atoms with E-state index >= 15 is 0 Å². The first kappa shape index (κ1) is 17.8. The third kappa shape index (κ3) is 4.74. The van der Waals surface area contributed by atoms with Gasteiger partial charge in [0.2, 0.25) is 10.0 Å². The molecule has 0 aliphatic heterocycles. The number of hydrazone groups is 1. The molecule has 0 spiro atoms. The van der Waals surface area contributed by atoms with Crippen LogP contribution in [0.5, 0.6) is 0 Å². The number of nitrogens with one attached hydrogen (secondary N) is 1. The van der Waals surface area contributed by atoms with Crippen LogP contribution in [0.4, 0.5) is 0 Å². The fourth-order valence-corrected chi connectivity index (χ4v) is 2.51. The minimum atomic E-state index is -3.77. The quantitative estimate of drug-likeness (QED) is 0.641. The summed E-state index contributed by atoms with van der Waals surface area (Å²) in [5, 5.41) is 8.90. The fraction of sp³-hybridized carbons (Fsp3) is 0.176. The Morgan fingerprint density at radius 3 is 2.17 bits per heavy atom. The number of carbonyl (C=O) groups excluding carboxylic acids is 1. The second-order valence-corrected chi connectivity index (χ2v) is 7.15. The molecule has 3 N–H and O–H groups in total. The Kier molecular flexibility index (Phi) is 5.48. The van der Waals surface area contributed by atoms with E-state index < -0.39 is 15.9 Å². The Labute approximate surface area is 141 Å².